The molecule has 1 aliphatic rings. The zero-order valence-corrected chi connectivity index (χ0v) is 23.2. The lowest BCUT2D eigenvalue weighted by Crippen LogP contribution is -2.58. The summed E-state index contributed by atoms with van der Waals surface area (Å²) >= 11 is 18.3. The summed E-state index contributed by atoms with van der Waals surface area (Å²) in [5.41, 5.74) is -0.979. The van der Waals surface area contributed by atoms with Crippen molar-refractivity contribution in [2.75, 3.05) is 10.6 Å². The van der Waals surface area contributed by atoms with Gasteiger partial charge in [0.05, 0.1) is 27.0 Å². The SMILES string of the molecule is C[C@@](NC(=O)c1cc2ccccc2cc1NC(=O)Nc1c(Cl)cc(Cl)cc1Cl)(C(=O)O)[C@H]1CC[C@H](C)CC1. The molecule has 0 aromatic heterocycles. The third-order valence-corrected chi connectivity index (χ3v) is 8.09. The highest BCUT2D eigenvalue weighted by atomic mass is 35.5. The van der Waals surface area contributed by atoms with Crippen molar-refractivity contribution >= 4 is 74.9 Å². The summed E-state index contributed by atoms with van der Waals surface area (Å²) in [7, 11) is 0. The summed E-state index contributed by atoms with van der Waals surface area (Å²) in [5, 5.41) is 20.4. The zero-order valence-electron chi connectivity index (χ0n) is 20.9. The molecule has 200 valence electrons. The maximum atomic E-state index is 13.6. The van der Waals surface area contributed by atoms with Gasteiger partial charge in [0.15, 0.2) is 0 Å². The molecule has 4 N–H and O–H groups in total. The Morgan fingerprint density at radius 2 is 1.47 bits per heavy atom. The number of carboxylic acids is 1. The van der Waals surface area contributed by atoms with Crippen LogP contribution >= 0.6 is 34.8 Å². The molecule has 0 bridgehead atoms. The molecular formula is C28H28Cl3N3O4. The molecule has 0 saturated heterocycles. The Morgan fingerprint density at radius 3 is 2.05 bits per heavy atom. The highest BCUT2D eigenvalue weighted by molar-refractivity contribution is 6.42. The van der Waals surface area contributed by atoms with Gasteiger partial charge in [0, 0.05) is 5.02 Å². The van der Waals surface area contributed by atoms with E-state index in [4.69, 9.17) is 34.8 Å². The minimum atomic E-state index is -1.47. The van der Waals surface area contributed by atoms with E-state index in [0.717, 1.165) is 23.6 Å². The van der Waals surface area contributed by atoms with E-state index in [0.29, 0.717) is 23.8 Å². The van der Waals surface area contributed by atoms with E-state index in [1.54, 1.807) is 19.1 Å². The van der Waals surface area contributed by atoms with Crippen molar-refractivity contribution in [3.8, 4) is 0 Å². The molecule has 4 rings (SSSR count). The molecule has 0 aliphatic heterocycles. The number of carboxylic acid groups (broad SMARTS) is 1. The number of benzene rings is 3. The van der Waals surface area contributed by atoms with Gasteiger partial charge in [-0.25, -0.2) is 9.59 Å². The largest absolute Gasteiger partial charge is 0.480 e. The molecule has 1 saturated carbocycles. The molecule has 3 amide bonds. The highest BCUT2D eigenvalue weighted by Crippen LogP contribution is 2.37. The number of hydrogen-bond acceptors (Lipinski definition) is 3. The van der Waals surface area contributed by atoms with Gasteiger partial charge in [-0.3, -0.25) is 4.79 Å². The van der Waals surface area contributed by atoms with Crippen LogP contribution in [0.5, 0.6) is 0 Å². The van der Waals surface area contributed by atoms with Crippen LogP contribution < -0.4 is 16.0 Å². The third-order valence-electron chi connectivity index (χ3n) is 7.27. The minimum Gasteiger partial charge on any atom is -0.480 e. The average molecular weight is 577 g/mol. The Labute approximate surface area is 235 Å². The molecule has 1 fully saturated rings. The molecule has 0 heterocycles. The lowest BCUT2D eigenvalue weighted by molar-refractivity contribution is -0.146. The second kappa shape index (κ2) is 11.4. The minimum absolute atomic E-state index is 0.129. The van der Waals surface area contributed by atoms with Crippen molar-refractivity contribution in [1.29, 1.82) is 0 Å². The molecule has 1 atom stereocenters. The highest BCUT2D eigenvalue weighted by Gasteiger charge is 2.44. The van der Waals surface area contributed by atoms with Crippen LogP contribution in [0.2, 0.25) is 15.1 Å². The Bertz CT molecular complexity index is 1380. The van der Waals surface area contributed by atoms with E-state index >= 15 is 0 Å². The Hall–Kier alpha value is -3.00. The zero-order chi connectivity index (χ0) is 27.6. The van der Waals surface area contributed by atoms with Gasteiger partial charge in [-0.05, 0) is 66.6 Å². The van der Waals surface area contributed by atoms with E-state index in [-0.39, 0.29) is 32.9 Å². The van der Waals surface area contributed by atoms with Gasteiger partial charge in [0.1, 0.15) is 5.54 Å². The monoisotopic (exact) mass is 575 g/mol. The molecule has 3 aromatic rings. The fraction of sp³-hybridized carbons (Fsp3) is 0.321. The van der Waals surface area contributed by atoms with Crippen molar-refractivity contribution in [3.05, 3.63) is 69.2 Å². The number of carbonyl (C=O) groups excluding carboxylic acids is 2. The van der Waals surface area contributed by atoms with Gasteiger partial charge < -0.3 is 21.1 Å². The molecule has 1 aliphatic carbocycles. The van der Waals surface area contributed by atoms with Crippen LogP contribution in [0.3, 0.4) is 0 Å². The molecule has 7 nitrogen and oxygen atoms in total. The number of amides is 3. The molecule has 10 heteroatoms. The maximum Gasteiger partial charge on any atom is 0.329 e. The normalized spacial score (nSPS) is 18.9. The van der Waals surface area contributed by atoms with Crippen LogP contribution in [0, 0.1) is 11.8 Å². The first kappa shape index (κ1) is 28.0. The predicted molar refractivity (Wildman–Crippen MR) is 153 cm³/mol. The summed E-state index contributed by atoms with van der Waals surface area (Å²) in [6.07, 6.45) is 3.22. The van der Waals surface area contributed by atoms with E-state index in [2.05, 4.69) is 22.9 Å². The van der Waals surface area contributed by atoms with Crippen molar-refractivity contribution in [1.82, 2.24) is 5.32 Å². The Balaban J connectivity index is 1.65. The van der Waals surface area contributed by atoms with Crippen LogP contribution in [0.1, 0.15) is 49.9 Å². The van der Waals surface area contributed by atoms with E-state index < -0.39 is 23.4 Å². The van der Waals surface area contributed by atoms with Crippen LogP contribution in [0.4, 0.5) is 16.2 Å². The average Bonchev–Trinajstić information content (AvgIpc) is 2.86. The number of hydrogen-bond donors (Lipinski definition) is 4. The number of aliphatic carboxylic acids is 1. The van der Waals surface area contributed by atoms with Gasteiger partial charge >= 0.3 is 12.0 Å². The van der Waals surface area contributed by atoms with Crippen molar-refractivity contribution < 1.29 is 19.5 Å². The van der Waals surface area contributed by atoms with Crippen LogP contribution in [0.25, 0.3) is 10.8 Å². The summed E-state index contributed by atoms with van der Waals surface area (Å²) in [4.78, 5) is 39.0. The molecule has 0 radical (unpaired) electrons. The van der Waals surface area contributed by atoms with E-state index in [1.165, 1.54) is 12.1 Å². The first-order valence-electron chi connectivity index (χ1n) is 12.3. The lowest BCUT2D eigenvalue weighted by Gasteiger charge is -2.38. The number of rotatable bonds is 6. The summed E-state index contributed by atoms with van der Waals surface area (Å²) in [5.74, 6) is -1.38. The number of fused-ring (bicyclic) bond motifs is 1. The number of anilines is 2. The summed E-state index contributed by atoms with van der Waals surface area (Å²) in [6, 6.07) is 12.8. The van der Waals surface area contributed by atoms with Crippen molar-refractivity contribution in [3.63, 3.8) is 0 Å². The molecule has 38 heavy (non-hydrogen) atoms. The Morgan fingerprint density at radius 1 is 0.895 bits per heavy atom. The number of nitrogens with one attached hydrogen (secondary N) is 3. The Kier molecular flexibility index (Phi) is 8.40. The molecule has 0 unspecified atom stereocenters. The van der Waals surface area contributed by atoms with Crippen molar-refractivity contribution in [2.24, 2.45) is 11.8 Å². The first-order chi connectivity index (χ1) is 18.0. The number of urea groups is 1. The lowest BCUT2D eigenvalue weighted by atomic mass is 9.72. The fourth-order valence-corrected chi connectivity index (χ4v) is 5.84. The van der Waals surface area contributed by atoms with Gasteiger partial charge in [0.25, 0.3) is 5.91 Å². The smallest absolute Gasteiger partial charge is 0.329 e. The van der Waals surface area contributed by atoms with Gasteiger partial charge in [0.2, 0.25) is 0 Å². The second-order valence-electron chi connectivity index (χ2n) is 9.99. The topological polar surface area (TPSA) is 108 Å². The molecule has 3 aromatic carbocycles. The molecule has 0 spiro atoms. The van der Waals surface area contributed by atoms with E-state index in [9.17, 15) is 19.5 Å². The quantitative estimate of drug-likeness (QED) is 0.240. The predicted octanol–water partition coefficient (Wildman–Crippen LogP) is 7.84. The van der Waals surface area contributed by atoms with Crippen molar-refractivity contribution in [2.45, 2.75) is 45.1 Å². The van der Waals surface area contributed by atoms with E-state index in [1.807, 2.05) is 24.3 Å². The summed E-state index contributed by atoms with van der Waals surface area (Å²) in [6.45, 7) is 3.70. The number of halogens is 3. The fourth-order valence-electron chi connectivity index (χ4n) is 4.93. The third kappa shape index (κ3) is 6.01. The standard InChI is InChI=1S/C28H28Cl3N3O4/c1-15-7-9-18(10-8-15)28(2,26(36)37)34-25(35)20-11-16-5-3-4-6-17(16)12-23(20)32-27(38)33-24-21(30)13-19(29)14-22(24)31/h3-6,11-15,18H,7-10H2,1-2H3,(H,34,35)(H,36,37)(H2,32,33,38)/t15-,18-,28-/m0/s1. The molecular weight excluding hydrogens is 549 g/mol. The van der Waals surface area contributed by atoms with Gasteiger partial charge in [-0.2, -0.15) is 0 Å². The van der Waals surface area contributed by atoms with Crippen LogP contribution in [-0.4, -0.2) is 28.6 Å². The van der Waals surface area contributed by atoms with Crippen LogP contribution in [0.15, 0.2) is 48.5 Å². The summed E-state index contributed by atoms with van der Waals surface area (Å²) < 4.78 is 0. The van der Waals surface area contributed by atoms with Crippen LogP contribution in [-0.2, 0) is 4.79 Å². The van der Waals surface area contributed by atoms with Gasteiger partial charge in [-0.15, -0.1) is 0 Å². The first-order valence-corrected chi connectivity index (χ1v) is 13.4. The second-order valence-corrected chi connectivity index (χ2v) is 11.2. The number of carbonyl (C=O) groups is 3. The maximum absolute atomic E-state index is 13.6. The van der Waals surface area contributed by atoms with Gasteiger partial charge in [-0.1, -0.05) is 78.8 Å².